The smallest absolute Gasteiger partial charge is 0.330 e. The highest BCUT2D eigenvalue weighted by molar-refractivity contribution is 6.31. The third kappa shape index (κ3) is 5.56. The van der Waals surface area contributed by atoms with E-state index in [4.69, 9.17) is 28.3 Å². The third-order valence-electron chi connectivity index (χ3n) is 3.74. The molecule has 0 aliphatic rings. The number of nitrogens with one attached hydrogen (secondary N) is 1. The quantitative estimate of drug-likeness (QED) is 0.537. The fourth-order valence-electron chi connectivity index (χ4n) is 2.32. The predicted molar refractivity (Wildman–Crippen MR) is 103 cm³/mol. The van der Waals surface area contributed by atoms with Gasteiger partial charge in [-0.15, -0.1) is 0 Å². The molecule has 1 aromatic heterocycles. The summed E-state index contributed by atoms with van der Waals surface area (Å²) in [5.74, 6) is -1.30. The molecule has 1 amide bonds. The van der Waals surface area contributed by atoms with Gasteiger partial charge >= 0.3 is 5.97 Å². The highest BCUT2D eigenvalue weighted by Crippen LogP contribution is 2.22. The van der Waals surface area contributed by atoms with Crippen molar-refractivity contribution in [3.63, 3.8) is 0 Å². The Balaban J connectivity index is 2.11. The van der Waals surface area contributed by atoms with Crippen LogP contribution in [0.1, 0.15) is 16.8 Å². The van der Waals surface area contributed by atoms with E-state index in [9.17, 15) is 9.59 Å². The molecule has 0 aliphatic heterocycles. The number of aliphatic hydroxyl groups is 1. The van der Waals surface area contributed by atoms with Crippen molar-refractivity contribution in [1.29, 1.82) is 0 Å². The van der Waals surface area contributed by atoms with Crippen LogP contribution in [0.3, 0.4) is 0 Å². The molecule has 2 N–H and O–H groups in total. The number of aliphatic hydroxyl groups excluding tert-OH is 1. The van der Waals surface area contributed by atoms with Crippen LogP contribution < -0.4 is 5.32 Å². The van der Waals surface area contributed by atoms with E-state index in [0.717, 1.165) is 5.56 Å². The number of hydrogen-bond donors (Lipinski definition) is 2. The summed E-state index contributed by atoms with van der Waals surface area (Å²) >= 11 is 12.3. The first-order chi connectivity index (χ1) is 12.8. The molecule has 1 aromatic carbocycles. The van der Waals surface area contributed by atoms with Crippen LogP contribution in [-0.4, -0.2) is 46.5 Å². The third-order valence-corrected chi connectivity index (χ3v) is 4.39. The number of hydrogen-bond acceptors (Lipinski definition) is 5. The van der Waals surface area contributed by atoms with Crippen molar-refractivity contribution in [3.05, 3.63) is 57.3 Å². The Morgan fingerprint density at radius 2 is 2.00 bits per heavy atom. The monoisotopic (exact) mass is 411 g/mol. The molecular formula is C18H19Cl2N3O4. The van der Waals surface area contributed by atoms with Gasteiger partial charge in [0.15, 0.2) is 6.04 Å². The maximum Gasteiger partial charge on any atom is 0.330 e. The fourth-order valence-corrected chi connectivity index (χ4v) is 2.75. The molecule has 9 heteroatoms. The van der Waals surface area contributed by atoms with Crippen molar-refractivity contribution in [2.75, 3.05) is 13.7 Å². The van der Waals surface area contributed by atoms with Gasteiger partial charge in [-0.2, -0.15) is 5.10 Å². The standard InChI is InChI=1S/C18H19Cl2N3O4/c1-11-14(7-8-16(25)21-15(10-24)18(26)27-2)17(20)23(22-11)9-12-3-5-13(19)6-4-12/h3-8,15,24H,9-10H2,1-2H3,(H,21,25)/b8-7+/t15-/m1/s1. The van der Waals surface area contributed by atoms with E-state index in [1.165, 1.54) is 19.3 Å². The van der Waals surface area contributed by atoms with Crippen LogP contribution in [0.25, 0.3) is 6.08 Å². The highest BCUT2D eigenvalue weighted by Gasteiger charge is 2.19. The summed E-state index contributed by atoms with van der Waals surface area (Å²) in [5, 5.41) is 16.9. The zero-order valence-corrected chi connectivity index (χ0v) is 16.3. The molecular weight excluding hydrogens is 393 g/mol. The van der Waals surface area contributed by atoms with Gasteiger partial charge in [0.1, 0.15) is 5.15 Å². The summed E-state index contributed by atoms with van der Waals surface area (Å²) < 4.78 is 6.11. The lowest BCUT2D eigenvalue weighted by Crippen LogP contribution is -2.43. The van der Waals surface area contributed by atoms with Gasteiger partial charge < -0.3 is 15.2 Å². The lowest BCUT2D eigenvalue weighted by molar-refractivity contribution is -0.145. The van der Waals surface area contributed by atoms with Gasteiger partial charge in [-0.1, -0.05) is 35.3 Å². The number of aromatic nitrogens is 2. The van der Waals surface area contributed by atoms with Crippen molar-refractivity contribution in [3.8, 4) is 0 Å². The molecule has 0 bridgehead atoms. The number of carbonyl (C=O) groups excluding carboxylic acids is 2. The first kappa shape index (κ1) is 21.0. The molecule has 144 valence electrons. The zero-order valence-electron chi connectivity index (χ0n) is 14.8. The number of ether oxygens (including phenoxy) is 1. The Morgan fingerprint density at radius 1 is 1.33 bits per heavy atom. The summed E-state index contributed by atoms with van der Waals surface area (Å²) in [4.78, 5) is 23.4. The number of rotatable bonds is 7. The molecule has 2 aromatic rings. The van der Waals surface area contributed by atoms with Gasteiger partial charge in [-0.25, -0.2) is 9.48 Å². The Bertz CT molecular complexity index is 847. The summed E-state index contributed by atoms with van der Waals surface area (Å²) in [6, 6.07) is 6.19. The molecule has 7 nitrogen and oxygen atoms in total. The summed E-state index contributed by atoms with van der Waals surface area (Å²) in [5.41, 5.74) is 2.20. The zero-order chi connectivity index (χ0) is 20.0. The van der Waals surface area contributed by atoms with Crippen LogP contribution in [0.15, 0.2) is 30.3 Å². The number of nitrogens with zero attached hydrogens (tertiary/aromatic N) is 2. The number of carbonyl (C=O) groups is 2. The van der Waals surface area contributed by atoms with Gasteiger partial charge in [0.05, 0.1) is 26.0 Å². The van der Waals surface area contributed by atoms with Crippen molar-refractivity contribution in [2.45, 2.75) is 19.5 Å². The molecule has 0 spiro atoms. The Morgan fingerprint density at radius 3 is 2.59 bits per heavy atom. The van der Waals surface area contributed by atoms with Crippen molar-refractivity contribution < 1.29 is 19.4 Å². The van der Waals surface area contributed by atoms with Gasteiger partial charge in [-0.3, -0.25) is 4.79 Å². The largest absolute Gasteiger partial charge is 0.467 e. The van der Waals surface area contributed by atoms with Gasteiger partial charge in [0, 0.05) is 16.7 Å². The first-order valence-electron chi connectivity index (χ1n) is 8.00. The minimum atomic E-state index is -1.13. The van der Waals surface area contributed by atoms with Gasteiger partial charge in [0.2, 0.25) is 5.91 Å². The predicted octanol–water partition coefficient (Wildman–Crippen LogP) is 2.21. The second kappa shape index (κ2) is 9.55. The average Bonchev–Trinajstić information content (AvgIpc) is 2.92. The molecule has 0 saturated carbocycles. The van der Waals surface area contributed by atoms with Crippen LogP contribution in [0.4, 0.5) is 0 Å². The first-order valence-corrected chi connectivity index (χ1v) is 8.76. The highest BCUT2D eigenvalue weighted by atomic mass is 35.5. The van der Waals surface area contributed by atoms with E-state index < -0.39 is 24.5 Å². The van der Waals surface area contributed by atoms with Crippen LogP contribution in [0, 0.1) is 6.92 Å². The molecule has 0 aliphatic carbocycles. The molecule has 2 rings (SSSR count). The topological polar surface area (TPSA) is 93.4 Å². The Kier molecular flexibility index (Phi) is 7.41. The number of esters is 1. The molecule has 0 unspecified atom stereocenters. The minimum Gasteiger partial charge on any atom is -0.467 e. The molecule has 1 atom stereocenters. The normalized spacial score (nSPS) is 12.2. The summed E-state index contributed by atoms with van der Waals surface area (Å²) in [6.07, 6.45) is 2.72. The number of halogens is 2. The van der Waals surface area contributed by atoms with Crippen LogP contribution in [0.2, 0.25) is 10.2 Å². The van der Waals surface area contributed by atoms with Gasteiger partial charge in [-0.05, 0) is 30.7 Å². The fraction of sp³-hybridized carbons (Fsp3) is 0.278. The van der Waals surface area contributed by atoms with Crippen LogP contribution in [0.5, 0.6) is 0 Å². The van der Waals surface area contributed by atoms with Crippen LogP contribution >= 0.6 is 23.2 Å². The minimum absolute atomic E-state index is 0.373. The van der Waals surface area contributed by atoms with Crippen molar-refractivity contribution in [2.24, 2.45) is 0 Å². The van der Waals surface area contributed by atoms with E-state index >= 15 is 0 Å². The number of benzene rings is 1. The van der Waals surface area contributed by atoms with Crippen LogP contribution in [-0.2, 0) is 20.9 Å². The molecule has 27 heavy (non-hydrogen) atoms. The number of methoxy groups -OCH3 is 1. The SMILES string of the molecule is COC(=O)[C@@H](CO)NC(=O)/C=C/c1c(C)nn(Cc2ccc(Cl)cc2)c1Cl. The Hall–Kier alpha value is -2.35. The van der Waals surface area contributed by atoms with E-state index in [1.54, 1.807) is 23.7 Å². The Labute approximate surface area is 166 Å². The number of amides is 1. The van der Waals surface area contributed by atoms with Crippen molar-refractivity contribution >= 4 is 41.2 Å². The van der Waals surface area contributed by atoms with E-state index in [2.05, 4.69) is 15.2 Å². The molecule has 0 fully saturated rings. The summed E-state index contributed by atoms with van der Waals surface area (Å²) in [6.45, 7) is 1.66. The van der Waals surface area contributed by atoms with Crippen molar-refractivity contribution in [1.82, 2.24) is 15.1 Å². The average molecular weight is 412 g/mol. The molecule has 1 heterocycles. The maximum atomic E-state index is 12.0. The van der Waals surface area contributed by atoms with E-state index in [0.29, 0.717) is 28.0 Å². The summed E-state index contributed by atoms with van der Waals surface area (Å²) in [7, 11) is 1.17. The maximum absolute atomic E-state index is 12.0. The lowest BCUT2D eigenvalue weighted by atomic mass is 10.2. The van der Waals surface area contributed by atoms with E-state index in [1.807, 2.05) is 12.1 Å². The van der Waals surface area contributed by atoms with E-state index in [-0.39, 0.29) is 0 Å². The molecule has 0 saturated heterocycles. The number of aryl methyl sites for hydroxylation is 1. The second-order valence-corrected chi connectivity index (χ2v) is 6.47. The molecule has 0 radical (unpaired) electrons. The lowest BCUT2D eigenvalue weighted by Gasteiger charge is -2.11. The van der Waals surface area contributed by atoms with Gasteiger partial charge in [0.25, 0.3) is 0 Å². The second-order valence-electron chi connectivity index (χ2n) is 5.67.